The highest BCUT2D eigenvalue weighted by Gasteiger charge is 2.09. The van der Waals surface area contributed by atoms with Crippen molar-refractivity contribution in [2.24, 2.45) is 7.05 Å². The summed E-state index contributed by atoms with van der Waals surface area (Å²) >= 11 is 1.44. The normalized spacial score (nSPS) is 10.7. The van der Waals surface area contributed by atoms with Crippen LogP contribution in [-0.4, -0.2) is 36.7 Å². The van der Waals surface area contributed by atoms with Crippen LogP contribution in [0.5, 0.6) is 0 Å². The summed E-state index contributed by atoms with van der Waals surface area (Å²) in [5.74, 6) is 1.69. The highest BCUT2D eigenvalue weighted by atomic mass is 32.2. The minimum atomic E-state index is 0.712. The predicted molar refractivity (Wildman–Crippen MR) is 73.1 cm³/mol. The lowest BCUT2D eigenvalue weighted by atomic mass is 10.3. The van der Waals surface area contributed by atoms with Gasteiger partial charge in [-0.25, -0.2) is 14.6 Å². The van der Waals surface area contributed by atoms with Crippen LogP contribution >= 0.6 is 11.8 Å². The van der Waals surface area contributed by atoms with E-state index in [-0.39, 0.29) is 0 Å². The number of hydrogen-bond acceptors (Lipinski definition) is 7. The minimum absolute atomic E-state index is 0.712. The van der Waals surface area contributed by atoms with Crippen molar-refractivity contribution in [1.82, 2.24) is 30.2 Å². The van der Waals surface area contributed by atoms with E-state index >= 15 is 0 Å². The molecular formula is C11H17N7S. The van der Waals surface area contributed by atoms with Gasteiger partial charge in [0.25, 0.3) is 0 Å². The van der Waals surface area contributed by atoms with Crippen molar-refractivity contribution >= 4 is 17.6 Å². The number of aryl methyl sites for hydroxylation is 2. The SMILES string of the molecule is CCCc1nc(NCC)cc(Sc2nnnn2C)n1. The molecule has 2 aromatic rings. The maximum absolute atomic E-state index is 4.52. The second-order valence-corrected chi connectivity index (χ2v) is 4.96. The first-order valence-electron chi connectivity index (χ1n) is 6.25. The quantitative estimate of drug-likeness (QED) is 0.803. The summed E-state index contributed by atoms with van der Waals surface area (Å²) in [4.78, 5) is 8.99. The number of nitrogens with one attached hydrogen (secondary N) is 1. The molecule has 2 heterocycles. The van der Waals surface area contributed by atoms with Crippen molar-refractivity contribution in [3.63, 3.8) is 0 Å². The predicted octanol–water partition coefficient (Wildman–Crippen LogP) is 1.54. The first-order valence-corrected chi connectivity index (χ1v) is 7.06. The van der Waals surface area contributed by atoms with Gasteiger partial charge >= 0.3 is 0 Å². The monoisotopic (exact) mass is 279 g/mol. The second kappa shape index (κ2) is 6.46. The zero-order valence-corrected chi connectivity index (χ0v) is 12.1. The Morgan fingerprint density at radius 1 is 1.32 bits per heavy atom. The molecule has 0 spiro atoms. The van der Waals surface area contributed by atoms with Crippen molar-refractivity contribution in [1.29, 1.82) is 0 Å². The standard InChI is InChI=1S/C11H17N7S/c1-4-6-8-13-9(12-5-2)7-10(14-8)19-11-15-16-17-18(11)3/h7H,4-6H2,1-3H3,(H,12,13,14). The van der Waals surface area contributed by atoms with E-state index in [4.69, 9.17) is 0 Å². The highest BCUT2D eigenvalue weighted by molar-refractivity contribution is 7.99. The third-order valence-corrected chi connectivity index (χ3v) is 3.30. The van der Waals surface area contributed by atoms with E-state index in [0.29, 0.717) is 5.16 Å². The van der Waals surface area contributed by atoms with Gasteiger partial charge in [-0.2, -0.15) is 0 Å². The molecule has 0 unspecified atom stereocenters. The topological polar surface area (TPSA) is 81.4 Å². The Morgan fingerprint density at radius 3 is 2.79 bits per heavy atom. The molecule has 0 fully saturated rings. The average Bonchev–Trinajstić information content (AvgIpc) is 2.76. The summed E-state index contributed by atoms with van der Waals surface area (Å²) in [6.07, 6.45) is 1.88. The molecule has 1 N–H and O–H groups in total. The number of aromatic nitrogens is 6. The van der Waals surface area contributed by atoms with E-state index < -0.39 is 0 Å². The summed E-state index contributed by atoms with van der Waals surface area (Å²) in [6.45, 7) is 4.99. The van der Waals surface area contributed by atoms with Gasteiger partial charge in [-0.3, -0.25) is 0 Å². The number of hydrogen-bond donors (Lipinski definition) is 1. The molecule has 0 aromatic carbocycles. The molecular weight excluding hydrogens is 262 g/mol. The maximum atomic E-state index is 4.52. The molecule has 7 nitrogen and oxygen atoms in total. The van der Waals surface area contributed by atoms with Gasteiger partial charge in [-0.1, -0.05) is 6.92 Å². The second-order valence-electron chi connectivity index (χ2n) is 3.98. The maximum Gasteiger partial charge on any atom is 0.215 e. The molecule has 102 valence electrons. The highest BCUT2D eigenvalue weighted by Crippen LogP contribution is 2.24. The Kier molecular flexibility index (Phi) is 4.67. The van der Waals surface area contributed by atoms with Crippen LogP contribution in [0.25, 0.3) is 0 Å². The van der Waals surface area contributed by atoms with Crippen LogP contribution in [0.1, 0.15) is 26.1 Å². The zero-order valence-electron chi connectivity index (χ0n) is 11.3. The van der Waals surface area contributed by atoms with Crippen LogP contribution in [0.3, 0.4) is 0 Å². The Morgan fingerprint density at radius 2 is 2.16 bits per heavy atom. The van der Waals surface area contributed by atoms with Crippen molar-refractivity contribution in [3.05, 3.63) is 11.9 Å². The van der Waals surface area contributed by atoms with Crippen LogP contribution in [0.15, 0.2) is 16.2 Å². The van der Waals surface area contributed by atoms with Gasteiger partial charge in [0.15, 0.2) is 0 Å². The van der Waals surface area contributed by atoms with Crippen LogP contribution in [0.4, 0.5) is 5.82 Å². The van der Waals surface area contributed by atoms with Crippen molar-refractivity contribution in [3.8, 4) is 0 Å². The Hall–Kier alpha value is -1.70. The Balaban J connectivity index is 2.25. The fraction of sp³-hybridized carbons (Fsp3) is 0.545. The first kappa shape index (κ1) is 13.7. The van der Waals surface area contributed by atoms with Crippen molar-refractivity contribution in [2.45, 2.75) is 36.9 Å². The van der Waals surface area contributed by atoms with Crippen LogP contribution in [0, 0.1) is 0 Å². The Bertz CT molecular complexity index is 515. The molecule has 2 aromatic heterocycles. The molecule has 2 rings (SSSR count). The summed E-state index contributed by atoms with van der Waals surface area (Å²) in [5.41, 5.74) is 0. The zero-order chi connectivity index (χ0) is 13.7. The van der Waals surface area contributed by atoms with E-state index in [0.717, 1.165) is 36.1 Å². The third-order valence-electron chi connectivity index (χ3n) is 2.36. The molecule has 0 amide bonds. The largest absolute Gasteiger partial charge is 0.370 e. The number of tetrazole rings is 1. The van der Waals surface area contributed by atoms with E-state index in [9.17, 15) is 0 Å². The van der Waals surface area contributed by atoms with E-state index in [1.54, 1.807) is 4.68 Å². The summed E-state index contributed by atoms with van der Waals surface area (Å²) in [7, 11) is 1.81. The van der Waals surface area contributed by atoms with E-state index in [2.05, 4.69) is 37.7 Å². The van der Waals surface area contributed by atoms with Crippen LogP contribution in [0.2, 0.25) is 0 Å². The summed E-state index contributed by atoms with van der Waals surface area (Å²) in [5, 5.41) is 16.2. The van der Waals surface area contributed by atoms with Gasteiger partial charge in [0.2, 0.25) is 5.16 Å². The van der Waals surface area contributed by atoms with E-state index in [1.165, 1.54) is 11.8 Å². The van der Waals surface area contributed by atoms with Gasteiger partial charge in [-0.05, 0) is 35.5 Å². The first-order chi connectivity index (χ1) is 9.22. The number of rotatable bonds is 6. The molecule has 0 aliphatic rings. The molecule has 0 saturated heterocycles. The fourth-order valence-electron chi connectivity index (χ4n) is 1.53. The molecule has 0 saturated carbocycles. The van der Waals surface area contributed by atoms with Gasteiger partial charge in [-0.15, -0.1) is 5.10 Å². The third kappa shape index (κ3) is 3.63. The van der Waals surface area contributed by atoms with Gasteiger partial charge in [0.05, 0.1) is 0 Å². The van der Waals surface area contributed by atoms with Crippen molar-refractivity contribution < 1.29 is 0 Å². The van der Waals surface area contributed by atoms with Crippen molar-refractivity contribution in [2.75, 3.05) is 11.9 Å². The summed E-state index contributed by atoms with van der Waals surface area (Å²) in [6, 6.07) is 1.92. The molecule has 0 aliphatic carbocycles. The number of anilines is 1. The lowest BCUT2D eigenvalue weighted by Crippen LogP contribution is -2.04. The summed E-state index contributed by atoms with van der Waals surface area (Å²) < 4.78 is 1.62. The number of nitrogens with zero attached hydrogens (tertiary/aromatic N) is 6. The van der Waals surface area contributed by atoms with Gasteiger partial charge < -0.3 is 5.32 Å². The van der Waals surface area contributed by atoms with Crippen LogP contribution in [-0.2, 0) is 13.5 Å². The van der Waals surface area contributed by atoms with Crippen LogP contribution < -0.4 is 5.32 Å². The lowest BCUT2D eigenvalue weighted by molar-refractivity contribution is 0.664. The lowest BCUT2D eigenvalue weighted by Gasteiger charge is -2.07. The van der Waals surface area contributed by atoms with E-state index in [1.807, 2.05) is 20.0 Å². The average molecular weight is 279 g/mol. The molecule has 19 heavy (non-hydrogen) atoms. The minimum Gasteiger partial charge on any atom is -0.370 e. The molecule has 0 aliphatic heterocycles. The fourth-order valence-corrected chi connectivity index (χ4v) is 2.29. The molecule has 8 heteroatoms. The smallest absolute Gasteiger partial charge is 0.215 e. The molecule has 0 radical (unpaired) electrons. The Labute approximate surface area is 116 Å². The van der Waals surface area contributed by atoms with Gasteiger partial charge in [0, 0.05) is 26.1 Å². The van der Waals surface area contributed by atoms with Gasteiger partial charge in [0.1, 0.15) is 16.7 Å². The molecule has 0 bridgehead atoms. The molecule has 0 atom stereocenters.